The zero-order chi connectivity index (χ0) is 20.5. The van der Waals surface area contributed by atoms with E-state index in [0.717, 1.165) is 0 Å². The lowest BCUT2D eigenvalue weighted by atomic mass is 10.1. The molecular formula is C20H21BrN2O5. The molecule has 0 heterocycles. The van der Waals surface area contributed by atoms with E-state index >= 15 is 0 Å². The highest BCUT2D eigenvalue weighted by molar-refractivity contribution is 9.10. The van der Waals surface area contributed by atoms with E-state index in [2.05, 4.69) is 21.2 Å². The quantitative estimate of drug-likeness (QED) is 0.611. The number of halogens is 1. The van der Waals surface area contributed by atoms with Crippen molar-refractivity contribution >= 4 is 21.8 Å². The second kappa shape index (κ2) is 10.5. The number of nitrogens with one attached hydrogen (secondary N) is 1. The van der Waals surface area contributed by atoms with Crippen LogP contribution in [-0.4, -0.2) is 37.9 Å². The molecule has 0 saturated carbocycles. The van der Waals surface area contributed by atoms with E-state index in [1.165, 1.54) is 0 Å². The van der Waals surface area contributed by atoms with Gasteiger partial charge in [-0.05, 0) is 46.6 Å². The Kier molecular flexibility index (Phi) is 8.11. The summed E-state index contributed by atoms with van der Waals surface area (Å²) in [6.07, 6.45) is -0.851. The number of amides is 1. The molecule has 2 N–H and O–H groups in total. The topological polar surface area (TPSA) is 101 Å². The molecular weight excluding hydrogens is 428 g/mol. The highest BCUT2D eigenvalue weighted by Gasteiger charge is 2.15. The zero-order valence-electron chi connectivity index (χ0n) is 15.6. The number of aliphatic hydroxyl groups excluding tert-OH is 1. The minimum absolute atomic E-state index is 0.0430. The van der Waals surface area contributed by atoms with Gasteiger partial charge in [0.1, 0.15) is 5.75 Å². The monoisotopic (exact) mass is 448 g/mol. The average Bonchev–Trinajstić information content (AvgIpc) is 2.71. The fraction of sp³-hybridized carbons (Fsp3) is 0.300. The van der Waals surface area contributed by atoms with Crippen molar-refractivity contribution in [2.45, 2.75) is 13.0 Å². The van der Waals surface area contributed by atoms with E-state index in [1.54, 1.807) is 43.5 Å². The molecule has 1 amide bonds. The average molecular weight is 449 g/mol. The molecule has 28 heavy (non-hydrogen) atoms. The smallest absolute Gasteiger partial charge is 0.258 e. The van der Waals surface area contributed by atoms with Crippen LogP contribution in [0.15, 0.2) is 40.9 Å². The molecule has 8 heteroatoms. The van der Waals surface area contributed by atoms with Crippen molar-refractivity contribution in [2.75, 3.05) is 26.9 Å². The molecule has 2 rings (SSSR count). The predicted molar refractivity (Wildman–Crippen MR) is 106 cm³/mol. The second-order valence-electron chi connectivity index (χ2n) is 5.71. The summed E-state index contributed by atoms with van der Waals surface area (Å²) < 4.78 is 16.6. The molecule has 0 aliphatic rings. The third kappa shape index (κ3) is 5.87. The van der Waals surface area contributed by atoms with E-state index in [0.29, 0.717) is 39.5 Å². The molecule has 0 aliphatic carbocycles. The van der Waals surface area contributed by atoms with Gasteiger partial charge in [0, 0.05) is 12.6 Å². The van der Waals surface area contributed by atoms with Gasteiger partial charge in [-0.3, -0.25) is 4.79 Å². The molecule has 7 nitrogen and oxygen atoms in total. The summed E-state index contributed by atoms with van der Waals surface area (Å²) in [5, 5.41) is 21.8. The van der Waals surface area contributed by atoms with Crippen LogP contribution >= 0.6 is 15.9 Å². The number of carbonyl (C=O) groups is 1. The largest absolute Gasteiger partial charge is 0.497 e. The number of aliphatic hydroxyl groups is 1. The van der Waals surface area contributed by atoms with Crippen molar-refractivity contribution < 1.29 is 24.1 Å². The molecule has 2 aromatic carbocycles. The number of hydrogen-bond acceptors (Lipinski definition) is 6. The summed E-state index contributed by atoms with van der Waals surface area (Å²) >= 11 is 3.33. The van der Waals surface area contributed by atoms with Gasteiger partial charge in [-0.25, -0.2) is 0 Å². The third-order valence-corrected chi connectivity index (χ3v) is 4.37. The number of benzene rings is 2. The molecule has 0 aromatic heterocycles. The first kappa shape index (κ1) is 21.5. The fourth-order valence-electron chi connectivity index (χ4n) is 2.38. The van der Waals surface area contributed by atoms with Gasteiger partial charge in [0.25, 0.3) is 5.91 Å². The number of ether oxygens (including phenoxy) is 3. The van der Waals surface area contributed by atoms with Crippen molar-refractivity contribution in [2.24, 2.45) is 0 Å². The van der Waals surface area contributed by atoms with Gasteiger partial charge in [0.15, 0.2) is 18.1 Å². The highest BCUT2D eigenvalue weighted by atomic mass is 79.9. The number of hydrogen-bond donors (Lipinski definition) is 2. The molecule has 0 spiro atoms. The van der Waals surface area contributed by atoms with Crippen molar-refractivity contribution in [1.82, 2.24) is 5.32 Å². The molecule has 0 saturated heterocycles. The van der Waals surface area contributed by atoms with Gasteiger partial charge >= 0.3 is 0 Å². The van der Waals surface area contributed by atoms with Crippen LogP contribution < -0.4 is 19.5 Å². The maximum Gasteiger partial charge on any atom is 0.258 e. The maximum atomic E-state index is 12.1. The lowest BCUT2D eigenvalue weighted by molar-refractivity contribution is -0.123. The van der Waals surface area contributed by atoms with Crippen LogP contribution in [0.4, 0.5) is 0 Å². The van der Waals surface area contributed by atoms with Crippen molar-refractivity contribution in [3.63, 3.8) is 0 Å². The van der Waals surface area contributed by atoms with E-state index in [4.69, 9.17) is 19.5 Å². The Morgan fingerprint density at radius 2 is 2.00 bits per heavy atom. The van der Waals surface area contributed by atoms with E-state index < -0.39 is 12.0 Å². The maximum absolute atomic E-state index is 12.1. The van der Waals surface area contributed by atoms with E-state index in [-0.39, 0.29) is 13.2 Å². The summed E-state index contributed by atoms with van der Waals surface area (Å²) in [5.74, 6) is 1.00. The summed E-state index contributed by atoms with van der Waals surface area (Å²) in [5.41, 5.74) is 1.07. The van der Waals surface area contributed by atoms with Gasteiger partial charge in [-0.2, -0.15) is 5.26 Å². The molecule has 1 unspecified atom stereocenters. The zero-order valence-corrected chi connectivity index (χ0v) is 17.2. The lowest BCUT2D eigenvalue weighted by Gasteiger charge is -2.15. The van der Waals surface area contributed by atoms with Gasteiger partial charge in [0.2, 0.25) is 0 Å². The number of methoxy groups -OCH3 is 1. The Morgan fingerprint density at radius 1 is 1.29 bits per heavy atom. The minimum Gasteiger partial charge on any atom is -0.497 e. The van der Waals surface area contributed by atoms with Gasteiger partial charge in [-0.15, -0.1) is 0 Å². The van der Waals surface area contributed by atoms with Crippen LogP contribution in [-0.2, 0) is 4.79 Å². The molecule has 0 radical (unpaired) electrons. The standard InChI is InChI=1S/C20H21BrN2O5/c1-3-27-18-9-13(10-22)8-16(21)20(18)28-12-19(25)23-11-17(24)14-4-6-15(26-2)7-5-14/h4-9,17,24H,3,11-12H2,1-2H3,(H,23,25). The lowest BCUT2D eigenvalue weighted by Crippen LogP contribution is -2.32. The van der Waals surface area contributed by atoms with Gasteiger partial charge in [0.05, 0.1) is 35.9 Å². The van der Waals surface area contributed by atoms with E-state index in [9.17, 15) is 9.90 Å². The van der Waals surface area contributed by atoms with Crippen LogP contribution in [0.2, 0.25) is 0 Å². The number of nitriles is 1. The van der Waals surface area contributed by atoms with Crippen LogP contribution in [0.5, 0.6) is 17.2 Å². The Hall–Kier alpha value is -2.76. The Balaban J connectivity index is 1.92. The van der Waals surface area contributed by atoms with Crippen LogP contribution in [0.1, 0.15) is 24.2 Å². The fourth-order valence-corrected chi connectivity index (χ4v) is 2.94. The molecule has 148 valence electrons. The first-order valence-corrected chi connectivity index (χ1v) is 9.35. The summed E-state index contributed by atoms with van der Waals surface area (Å²) in [7, 11) is 1.56. The summed E-state index contributed by atoms with van der Waals surface area (Å²) in [6.45, 7) is 1.98. The molecule has 0 fully saturated rings. The number of nitrogens with zero attached hydrogens (tertiary/aromatic N) is 1. The SMILES string of the molecule is CCOc1cc(C#N)cc(Br)c1OCC(=O)NCC(O)c1ccc(OC)cc1. The molecule has 2 aromatic rings. The normalized spacial score (nSPS) is 11.2. The Morgan fingerprint density at radius 3 is 2.61 bits per heavy atom. The molecule has 1 atom stereocenters. The van der Waals surface area contributed by atoms with Crippen molar-refractivity contribution in [3.05, 3.63) is 52.0 Å². The molecule has 0 bridgehead atoms. The first-order chi connectivity index (χ1) is 13.5. The number of rotatable bonds is 9. The van der Waals surface area contributed by atoms with Crippen LogP contribution in [0.3, 0.4) is 0 Å². The Labute approximate surface area is 172 Å². The van der Waals surface area contributed by atoms with Gasteiger partial charge in [-0.1, -0.05) is 12.1 Å². The van der Waals surface area contributed by atoms with Crippen molar-refractivity contribution in [1.29, 1.82) is 5.26 Å². The van der Waals surface area contributed by atoms with E-state index in [1.807, 2.05) is 13.0 Å². The minimum atomic E-state index is -0.851. The Bertz CT molecular complexity index is 849. The predicted octanol–water partition coefficient (Wildman–Crippen LogP) is 2.96. The van der Waals surface area contributed by atoms with Gasteiger partial charge < -0.3 is 24.6 Å². The van der Waals surface area contributed by atoms with Crippen molar-refractivity contribution in [3.8, 4) is 23.3 Å². The summed E-state index contributed by atoms with van der Waals surface area (Å²) in [4.78, 5) is 12.1. The van der Waals surface area contributed by atoms with Crippen LogP contribution in [0, 0.1) is 11.3 Å². The third-order valence-electron chi connectivity index (χ3n) is 3.78. The highest BCUT2D eigenvalue weighted by Crippen LogP contribution is 2.36. The van der Waals surface area contributed by atoms with Crippen LogP contribution in [0.25, 0.3) is 0 Å². The second-order valence-corrected chi connectivity index (χ2v) is 6.57. The first-order valence-electron chi connectivity index (χ1n) is 8.56. The number of carbonyl (C=O) groups excluding carboxylic acids is 1. The summed E-state index contributed by atoms with van der Waals surface area (Å²) in [6, 6.07) is 12.1. The molecule has 0 aliphatic heterocycles.